The van der Waals surface area contributed by atoms with Crippen LogP contribution < -0.4 is 16.0 Å². The monoisotopic (exact) mass is 298 g/mol. The number of nitrogens with two attached hydrogens (primary N) is 1. The highest BCUT2D eigenvalue weighted by Crippen LogP contribution is 2.35. The summed E-state index contributed by atoms with van der Waals surface area (Å²) in [5, 5.41) is 0. The van der Waals surface area contributed by atoms with Gasteiger partial charge in [-0.25, -0.2) is 0 Å². The summed E-state index contributed by atoms with van der Waals surface area (Å²) in [7, 11) is 0. The smallest absolute Gasteiger partial charge is 0.419 e. The lowest BCUT2D eigenvalue weighted by Crippen LogP contribution is -2.22. The van der Waals surface area contributed by atoms with Gasteiger partial charge in [-0.3, -0.25) is 4.79 Å². The number of hydrogen-bond donors (Lipinski definition) is 1. The van der Waals surface area contributed by atoms with Crippen LogP contribution in [0.15, 0.2) is 47.4 Å². The van der Waals surface area contributed by atoms with Crippen LogP contribution in [-0.2, 0) is 12.7 Å². The predicted octanol–water partition coefficient (Wildman–Crippen LogP) is 2.53. The molecular weight excluding hydrogens is 285 g/mol. The zero-order valence-electron chi connectivity index (χ0n) is 10.9. The minimum absolute atomic E-state index is 0.0730. The largest absolute Gasteiger partial charge is 0.491 e. The van der Waals surface area contributed by atoms with Crippen LogP contribution in [0.4, 0.5) is 18.9 Å². The van der Waals surface area contributed by atoms with E-state index in [1.165, 1.54) is 41.1 Å². The molecule has 2 rings (SSSR count). The zero-order valence-corrected chi connectivity index (χ0v) is 10.9. The first-order valence-electron chi connectivity index (χ1n) is 6.13. The summed E-state index contributed by atoms with van der Waals surface area (Å²) in [6.45, 7) is 0.0342. The molecule has 0 bridgehead atoms. The van der Waals surface area contributed by atoms with E-state index in [0.29, 0.717) is 5.69 Å². The molecule has 0 amide bonds. The molecule has 0 spiro atoms. The summed E-state index contributed by atoms with van der Waals surface area (Å²) in [6, 6.07) is 7.68. The quantitative estimate of drug-likeness (QED) is 0.943. The van der Waals surface area contributed by atoms with E-state index in [4.69, 9.17) is 10.5 Å². The van der Waals surface area contributed by atoms with Crippen molar-refractivity contribution in [3.63, 3.8) is 0 Å². The number of halogens is 3. The number of rotatable bonds is 4. The third-order valence-electron chi connectivity index (χ3n) is 2.79. The van der Waals surface area contributed by atoms with E-state index >= 15 is 0 Å². The van der Waals surface area contributed by atoms with Gasteiger partial charge < -0.3 is 15.0 Å². The van der Waals surface area contributed by atoms with E-state index in [-0.39, 0.29) is 24.5 Å². The molecule has 0 unspecified atom stereocenters. The SMILES string of the molecule is Nc1ccc(=O)n(CCOc2ccccc2C(F)(F)F)c1. The van der Waals surface area contributed by atoms with Crippen molar-refractivity contribution in [1.29, 1.82) is 0 Å². The Morgan fingerprint density at radius 3 is 2.57 bits per heavy atom. The Morgan fingerprint density at radius 1 is 1.14 bits per heavy atom. The van der Waals surface area contributed by atoms with Gasteiger partial charge in [0.15, 0.2) is 0 Å². The summed E-state index contributed by atoms with van der Waals surface area (Å²) in [4.78, 5) is 11.5. The van der Waals surface area contributed by atoms with Crippen LogP contribution >= 0.6 is 0 Å². The lowest BCUT2D eigenvalue weighted by Gasteiger charge is -2.14. The molecule has 0 saturated heterocycles. The predicted molar refractivity (Wildman–Crippen MR) is 72.1 cm³/mol. The lowest BCUT2D eigenvalue weighted by atomic mass is 10.2. The summed E-state index contributed by atoms with van der Waals surface area (Å²) in [6.07, 6.45) is -3.06. The molecule has 4 nitrogen and oxygen atoms in total. The highest BCUT2D eigenvalue weighted by Gasteiger charge is 2.33. The minimum Gasteiger partial charge on any atom is -0.491 e. The van der Waals surface area contributed by atoms with Gasteiger partial charge in [0.1, 0.15) is 12.4 Å². The molecule has 0 aliphatic heterocycles. The number of para-hydroxylation sites is 1. The Bertz CT molecular complexity index is 680. The Kier molecular flexibility index (Phi) is 4.21. The van der Waals surface area contributed by atoms with Crippen molar-refractivity contribution in [3.8, 4) is 5.75 Å². The molecule has 112 valence electrons. The van der Waals surface area contributed by atoms with Gasteiger partial charge in [-0.2, -0.15) is 13.2 Å². The molecule has 0 saturated carbocycles. The maximum atomic E-state index is 12.8. The molecule has 0 aliphatic carbocycles. The maximum absolute atomic E-state index is 12.8. The van der Waals surface area contributed by atoms with Crippen LogP contribution in [0.1, 0.15) is 5.56 Å². The van der Waals surface area contributed by atoms with E-state index in [9.17, 15) is 18.0 Å². The second kappa shape index (κ2) is 5.90. The van der Waals surface area contributed by atoms with Crippen molar-refractivity contribution < 1.29 is 17.9 Å². The number of nitrogens with zero attached hydrogens (tertiary/aromatic N) is 1. The van der Waals surface area contributed by atoms with Crippen LogP contribution in [0.3, 0.4) is 0 Å². The number of ether oxygens (including phenoxy) is 1. The molecule has 21 heavy (non-hydrogen) atoms. The Hall–Kier alpha value is -2.44. The maximum Gasteiger partial charge on any atom is 0.419 e. The fourth-order valence-corrected chi connectivity index (χ4v) is 1.81. The van der Waals surface area contributed by atoms with Gasteiger partial charge in [-0.05, 0) is 18.2 Å². The van der Waals surface area contributed by atoms with E-state index < -0.39 is 11.7 Å². The first-order valence-corrected chi connectivity index (χ1v) is 6.13. The number of aromatic nitrogens is 1. The molecule has 0 atom stereocenters. The molecule has 2 N–H and O–H groups in total. The summed E-state index contributed by atoms with van der Waals surface area (Å²) < 4.78 is 44.7. The fraction of sp³-hybridized carbons (Fsp3) is 0.214. The molecule has 1 aromatic carbocycles. The number of anilines is 1. The average Bonchev–Trinajstić information content (AvgIpc) is 2.42. The van der Waals surface area contributed by atoms with Crippen LogP contribution in [0.5, 0.6) is 5.75 Å². The molecular formula is C14H13F3N2O2. The van der Waals surface area contributed by atoms with Crippen LogP contribution in [0, 0.1) is 0 Å². The number of pyridine rings is 1. The Morgan fingerprint density at radius 2 is 1.86 bits per heavy atom. The summed E-state index contributed by atoms with van der Waals surface area (Å²) >= 11 is 0. The van der Waals surface area contributed by atoms with Crippen molar-refractivity contribution in [3.05, 3.63) is 58.5 Å². The van der Waals surface area contributed by atoms with Gasteiger partial charge in [0, 0.05) is 18.0 Å². The highest BCUT2D eigenvalue weighted by molar-refractivity contribution is 5.35. The number of alkyl halides is 3. The third-order valence-corrected chi connectivity index (χ3v) is 2.79. The summed E-state index contributed by atoms with van der Waals surface area (Å²) in [5.74, 6) is -0.262. The second-order valence-electron chi connectivity index (χ2n) is 4.34. The van der Waals surface area contributed by atoms with Gasteiger partial charge in [-0.1, -0.05) is 12.1 Å². The van der Waals surface area contributed by atoms with Crippen molar-refractivity contribution >= 4 is 5.69 Å². The van der Waals surface area contributed by atoms with Gasteiger partial charge in [0.05, 0.1) is 12.1 Å². The topological polar surface area (TPSA) is 57.2 Å². The van der Waals surface area contributed by atoms with Gasteiger partial charge in [0.2, 0.25) is 0 Å². The molecule has 2 aromatic rings. The fourth-order valence-electron chi connectivity index (χ4n) is 1.81. The molecule has 7 heteroatoms. The van der Waals surface area contributed by atoms with Crippen molar-refractivity contribution in [1.82, 2.24) is 4.57 Å². The highest BCUT2D eigenvalue weighted by atomic mass is 19.4. The third kappa shape index (κ3) is 3.77. The first kappa shape index (κ1) is 15.0. The van der Waals surface area contributed by atoms with Gasteiger partial charge in [0.25, 0.3) is 5.56 Å². The van der Waals surface area contributed by atoms with Crippen LogP contribution in [0.25, 0.3) is 0 Å². The molecule has 0 fully saturated rings. The Balaban J connectivity index is 2.08. The van der Waals surface area contributed by atoms with Crippen LogP contribution in [0.2, 0.25) is 0 Å². The molecule has 0 aliphatic rings. The van der Waals surface area contributed by atoms with E-state index in [1.807, 2.05) is 0 Å². The molecule has 0 radical (unpaired) electrons. The Labute approximate surface area is 118 Å². The lowest BCUT2D eigenvalue weighted by molar-refractivity contribution is -0.139. The van der Waals surface area contributed by atoms with E-state index in [1.54, 1.807) is 0 Å². The second-order valence-corrected chi connectivity index (χ2v) is 4.34. The molecule has 1 heterocycles. The van der Waals surface area contributed by atoms with E-state index in [2.05, 4.69) is 0 Å². The summed E-state index contributed by atoms with van der Waals surface area (Å²) in [5.41, 5.74) is 4.80. The molecule has 1 aromatic heterocycles. The van der Waals surface area contributed by atoms with Gasteiger partial charge >= 0.3 is 6.18 Å². The number of hydrogen-bond acceptors (Lipinski definition) is 3. The van der Waals surface area contributed by atoms with E-state index in [0.717, 1.165) is 6.07 Å². The van der Waals surface area contributed by atoms with Crippen LogP contribution in [-0.4, -0.2) is 11.2 Å². The van der Waals surface area contributed by atoms with Crippen molar-refractivity contribution in [2.75, 3.05) is 12.3 Å². The standard InChI is InChI=1S/C14H13F3N2O2/c15-14(16,17)11-3-1-2-4-12(11)21-8-7-19-9-10(18)5-6-13(19)20/h1-6,9H,7-8,18H2. The normalized spacial score (nSPS) is 11.4. The minimum atomic E-state index is -4.48. The van der Waals surface area contributed by atoms with Crippen molar-refractivity contribution in [2.24, 2.45) is 0 Å². The van der Waals surface area contributed by atoms with Gasteiger partial charge in [-0.15, -0.1) is 0 Å². The first-order chi connectivity index (χ1) is 9.88. The van der Waals surface area contributed by atoms with Crippen molar-refractivity contribution in [2.45, 2.75) is 12.7 Å². The number of nitrogen functional groups attached to an aromatic ring is 1. The average molecular weight is 298 g/mol. The number of benzene rings is 1. The zero-order chi connectivity index (χ0) is 15.5.